The van der Waals surface area contributed by atoms with Gasteiger partial charge >= 0.3 is 5.97 Å². The maximum atomic E-state index is 12.2. The van der Waals surface area contributed by atoms with Gasteiger partial charge in [-0.2, -0.15) is 0 Å². The minimum atomic E-state index is -3.32. The molecule has 1 aromatic carbocycles. The summed E-state index contributed by atoms with van der Waals surface area (Å²) in [6.45, 7) is 3.43. The van der Waals surface area contributed by atoms with Crippen LogP contribution >= 0.6 is 0 Å². The predicted octanol–water partition coefficient (Wildman–Crippen LogP) is 1.35. The lowest BCUT2D eigenvalue weighted by Crippen LogP contribution is -2.37. The number of nitrogens with zero attached hydrogens (tertiary/aromatic N) is 1. The molecule has 1 N–H and O–H groups in total. The highest BCUT2D eigenvalue weighted by atomic mass is 32.2. The maximum Gasteiger partial charge on any atom is 0.323 e. The van der Waals surface area contributed by atoms with Gasteiger partial charge in [0.15, 0.2) is 9.84 Å². The molecule has 0 spiro atoms. The van der Waals surface area contributed by atoms with Crippen LogP contribution in [0.2, 0.25) is 0 Å². The Labute approximate surface area is 130 Å². The van der Waals surface area contributed by atoms with Crippen molar-refractivity contribution >= 4 is 21.7 Å². The smallest absolute Gasteiger partial charge is 0.323 e. The largest absolute Gasteiger partial charge is 0.480 e. The zero-order valence-electron chi connectivity index (χ0n) is 12.8. The van der Waals surface area contributed by atoms with E-state index in [1.54, 1.807) is 19.1 Å². The Balaban J connectivity index is 2.91. The Morgan fingerprint density at radius 2 is 1.91 bits per heavy atom. The van der Waals surface area contributed by atoms with Gasteiger partial charge in [0.25, 0.3) is 0 Å². The average molecular weight is 327 g/mol. The van der Waals surface area contributed by atoms with E-state index in [0.717, 1.165) is 0 Å². The quantitative estimate of drug-likeness (QED) is 0.778. The summed E-state index contributed by atoms with van der Waals surface area (Å²) in [5.74, 6) is -1.40. The molecule has 0 saturated carbocycles. The normalized spacial score (nSPS) is 11.2. The van der Waals surface area contributed by atoms with Gasteiger partial charge < -0.3 is 10.0 Å². The summed E-state index contributed by atoms with van der Waals surface area (Å²) in [6, 6.07) is 6.22. The number of carbonyl (C=O) groups is 2. The molecule has 6 nitrogen and oxygen atoms in total. The lowest BCUT2D eigenvalue weighted by atomic mass is 10.1. The SMILES string of the molecule is CCCN(CC(=O)O)C(=O)Cc1cccc(S(=O)(=O)CC)c1. The van der Waals surface area contributed by atoms with E-state index >= 15 is 0 Å². The Morgan fingerprint density at radius 3 is 2.45 bits per heavy atom. The molecule has 1 rings (SSSR count). The highest BCUT2D eigenvalue weighted by Gasteiger charge is 2.17. The first-order valence-electron chi connectivity index (χ1n) is 7.11. The number of sulfone groups is 1. The van der Waals surface area contributed by atoms with Crippen molar-refractivity contribution in [3.05, 3.63) is 29.8 Å². The summed E-state index contributed by atoms with van der Waals surface area (Å²) in [7, 11) is -3.32. The van der Waals surface area contributed by atoms with Crippen molar-refractivity contribution in [1.82, 2.24) is 4.90 Å². The lowest BCUT2D eigenvalue weighted by molar-refractivity contribution is -0.144. The fourth-order valence-corrected chi connectivity index (χ4v) is 2.98. The average Bonchev–Trinajstić information content (AvgIpc) is 2.46. The molecule has 0 aliphatic heterocycles. The van der Waals surface area contributed by atoms with E-state index in [1.165, 1.54) is 17.0 Å². The van der Waals surface area contributed by atoms with E-state index in [9.17, 15) is 18.0 Å². The Kier molecular flexibility index (Phi) is 6.55. The van der Waals surface area contributed by atoms with Gasteiger partial charge in [-0.15, -0.1) is 0 Å². The minimum absolute atomic E-state index is 0.00856. The fourth-order valence-electron chi connectivity index (χ4n) is 2.03. The van der Waals surface area contributed by atoms with Gasteiger partial charge in [-0.3, -0.25) is 9.59 Å². The van der Waals surface area contributed by atoms with Crippen molar-refractivity contribution in [3.8, 4) is 0 Å². The number of hydrogen-bond acceptors (Lipinski definition) is 4. The molecule has 0 fully saturated rings. The maximum absolute atomic E-state index is 12.2. The summed E-state index contributed by atoms with van der Waals surface area (Å²) in [4.78, 5) is 24.4. The second-order valence-electron chi connectivity index (χ2n) is 4.94. The number of aliphatic carboxylic acids is 1. The molecule has 0 bridgehead atoms. The molecular formula is C15H21NO5S. The summed E-state index contributed by atoms with van der Waals surface area (Å²) in [5.41, 5.74) is 0.561. The van der Waals surface area contributed by atoms with Crippen molar-refractivity contribution in [2.45, 2.75) is 31.6 Å². The molecule has 0 radical (unpaired) electrons. The van der Waals surface area contributed by atoms with Gasteiger partial charge in [0.05, 0.1) is 17.1 Å². The van der Waals surface area contributed by atoms with Gasteiger partial charge in [0.2, 0.25) is 5.91 Å². The molecule has 1 aromatic rings. The van der Waals surface area contributed by atoms with Crippen LogP contribution in [0.3, 0.4) is 0 Å². The van der Waals surface area contributed by atoms with Gasteiger partial charge in [-0.25, -0.2) is 8.42 Å². The first-order chi connectivity index (χ1) is 10.3. The molecular weight excluding hydrogens is 306 g/mol. The second-order valence-corrected chi connectivity index (χ2v) is 7.21. The summed E-state index contributed by atoms with van der Waals surface area (Å²) < 4.78 is 23.7. The first-order valence-corrected chi connectivity index (χ1v) is 8.76. The highest BCUT2D eigenvalue weighted by molar-refractivity contribution is 7.91. The zero-order chi connectivity index (χ0) is 16.8. The number of hydrogen-bond donors (Lipinski definition) is 1. The standard InChI is InChI=1S/C15H21NO5S/c1-3-8-16(11-15(18)19)14(17)10-12-6-5-7-13(9-12)22(20,21)4-2/h5-7,9H,3-4,8,10-11H2,1-2H3,(H,18,19). The summed E-state index contributed by atoms with van der Waals surface area (Å²) >= 11 is 0. The zero-order valence-corrected chi connectivity index (χ0v) is 13.6. The Morgan fingerprint density at radius 1 is 1.23 bits per heavy atom. The molecule has 0 heterocycles. The van der Waals surface area contributed by atoms with Crippen LogP contribution in [-0.4, -0.2) is 49.1 Å². The van der Waals surface area contributed by atoms with Crippen molar-refractivity contribution in [2.24, 2.45) is 0 Å². The van der Waals surface area contributed by atoms with Crippen molar-refractivity contribution in [2.75, 3.05) is 18.8 Å². The van der Waals surface area contributed by atoms with Gasteiger partial charge in [0.1, 0.15) is 6.54 Å². The number of benzene rings is 1. The van der Waals surface area contributed by atoms with Crippen molar-refractivity contribution < 1.29 is 23.1 Å². The van der Waals surface area contributed by atoms with E-state index in [2.05, 4.69) is 0 Å². The molecule has 0 aliphatic rings. The third-order valence-corrected chi connectivity index (χ3v) is 4.90. The molecule has 22 heavy (non-hydrogen) atoms. The third kappa shape index (κ3) is 5.14. The summed E-state index contributed by atoms with van der Waals surface area (Å²) in [5, 5.41) is 8.83. The van der Waals surface area contributed by atoms with Crippen LogP contribution in [0.15, 0.2) is 29.2 Å². The summed E-state index contributed by atoms with van der Waals surface area (Å²) in [6.07, 6.45) is 0.642. The van der Waals surface area contributed by atoms with Gasteiger partial charge in [-0.05, 0) is 24.1 Å². The van der Waals surface area contributed by atoms with Crippen molar-refractivity contribution in [1.29, 1.82) is 0 Å². The van der Waals surface area contributed by atoms with E-state index in [-0.39, 0.29) is 29.5 Å². The monoisotopic (exact) mass is 327 g/mol. The molecule has 0 unspecified atom stereocenters. The fraction of sp³-hybridized carbons (Fsp3) is 0.467. The number of carboxylic acid groups (broad SMARTS) is 1. The molecule has 0 aliphatic carbocycles. The third-order valence-electron chi connectivity index (χ3n) is 3.17. The van der Waals surface area contributed by atoms with Crippen LogP contribution in [0.5, 0.6) is 0 Å². The van der Waals surface area contributed by atoms with Crippen LogP contribution in [0.1, 0.15) is 25.8 Å². The Bertz CT molecular complexity index is 639. The van der Waals surface area contributed by atoms with E-state index in [0.29, 0.717) is 18.5 Å². The van der Waals surface area contributed by atoms with E-state index in [4.69, 9.17) is 5.11 Å². The van der Waals surface area contributed by atoms with Crippen LogP contribution in [0.25, 0.3) is 0 Å². The predicted molar refractivity (Wildman–Crippen MR) is 82.4 cm³/mol. The van der Waals surface area contributed by atoms with Crippen LogP contribution < -0.4 is 0 Å². The van der Waals surface area contributed by atoms with Crippen LogP contribution in [0, 0.1) is 0 Å². The molecule has 0 atom stereocenters. The van der Waals surface area contributed by atoms with Crippen LogP contribution in [0.4, 0.5) is 0 Å². The number of amides is 1. The number of rotatable bonds is 8. The second kappa shape index (κ2) is 7.93. The highest BCUT2D eigenvalue weighted by Crippen LogP contribution is 2.14. The minimum Gasteiger partial charge on any atom is -0.480 e. The number of carbonyl (C=O) groups excluding carboxylic acids is 1. The molecule has 1 amide bonds. The van der Waals surface area contributed by atoms with Gasteiger partial charge in [0, 0.05) is 6.54 Å². The molecule has 0 aromatic heterocycles. The van der Waals surface area contributed by atoms with Crippen molar-refractivity contribution in [3.63, 3.8) is 0 Å². The Hall–Kier alpha value is -1.89. The van der Waals surface area contributed by atoms with Crippen LogP contribution in [-0.2, 0) is 25.8 Å². The van der Waals surface area contributed by atoms with E-state index < -0.39 is 15.8 Å². The van der Waals surface area contributed by atoms with Gasteiger partial charge in [-0.1, -0.05) is 26.0 Å². The lowest BCUT2D eigenvalue weighted by Gasteiger charge is -2.20. The topological polar surface area (TPSA) is 91.8 Å². The molecule has 7 heteroatoms. The molecule has 122 valence electrons. The first kappa shape index (κ1) is 18.2. The van der Waals surface area contributed by atoms with E-state index in [1.807, 2.05) is 6.92 Å². The molecule has 0 saturated heterocycles. The number of carboxylic acids is 1.